The topological polar surface area (TPSA) is 42.2 Å². The molecule has 2 rings (SSSR count). The van der Waals surface area contributed by atoms with Crippen LogP contribution in [0, 0.1) is 0 Å². The van der Waals surface area contributed by atoms with E-state index < -0.39 is 0 Å². The molecule has 0 unspecified atom stereocenters. The number of aryl methyl sites for hydroxylation is 1. The van der Waals surface area contributed by atoms with E-state index >= 15 is 0 Å². The van der Waals surface area contributed by atoms with E-state index in [1.807, 2.05) is 24.3 Å². The van der Waals surface area contributed by atoms with Gasteiger partial charge in [-0.05, 0) is 36.1 Å². The van der Waals surface area contributed by atoms with Gasteiger partial charge in [0.05, 0.1) is 0 Å². The van der Waals surface area contributed by atoms with Crippen LogP contribution in [0.5, 0.6) is 0 Å². The van der Waals surface area contributed by atoms with Crippen molar-refractivity contribution in [3.8, 4) is 0 Å². The maximum Gasteiger partial charge on any atom is 0.258 e. The predicted octanol–water partition coefficient (Wildman–Crippen LogP) is 2.15. The summed E-state index contributed by atoms with van der Waals surface area (Å²) in [6.07, 6.45) is 2.37. The fourth-order valence-corrected chi connectivity index (χ4v) is 2.05. The minimum absolute atomic E-state index is 0.00144. The Morgan fingerprint density at radius 3 is 2.88 bits per heavy atom. The molecular formula is C12H12BrNO2. The summed E-state index contributed by atoms with van der Waals surface area (Å²) in [5.41, 5.74) is -0.00144. The van der Waals surface area contributed by atoms with Gasteiger partial charge in [-0.2, -0.15) is 0 Å². The zero-order chi connectivity index (χ0) is 11.5. The molecule has 0 amide bonds. The number of halogens is 1. The molecule has 0 saturated carbocycles. The molecule has 1 aromatic heterocycles. The number of benzene rings is 1. The van der Waals surface area contributed by atoms with Gasteiger partial charge in [0.15, 0.2) is 0 Å². The molecule has 0 saturated heterocycles. The van der Waals surface area contributed by atoms with Gasteiger partial charge < -0.3 is 9.67 Å². The van der Waals surface area contributed by atoms with E-state index in [9.17, 15) is 4.79 Å². The van der Waals surface area contributed by atoms with Crippen LogP contribution in [0.2, 0.25) is 0 Å². The number of rotatable bonds is 3. The molecular weight excluding hydrogens is 270 g/mol. The molecule has 1 heterocycles. The van der Waals surface area contributed by atoms with Gasteiger partial charge in [0, 0.05) is 29.2 Å². The van der Waals surface area contributed by atoms with Gasteiger partial charge in [0.1, 0.15) is 0 Å². The Bertz CT molecular complexity index is 562. The van der Waals surface area contributed by atoms with Crippen LogP contribution in [0.25, 0.3) is 10.8 Å². The summed E-state index contributed by atoms with van der Waals surface area (Å²) >= 11 is 3.38. The van der Waals surface area contributed by atoms with E-state index in [1.54, 1.807) is 10.8 Å². The van der Waals surface area contributed by atoms with Gasteiger partial charge in [-0.1, -0.05) is 15.9 Å². The molecule has 0 atom stereocenters. The number of hydrogen-bond acceptors (Lipinski definition) is 2. The standard InChI is InChI=1S/C12H12BrNO2/c13-10-2-3-11-9(8-10)4-6-14(12(11)16)5-1-7-15/h2-4,6,8,15H,1,5,7H2. The Morgan fingerprint density at radius 1 is 1.31 bits per heavy atom. The number of fused-ring (bicyclic) bond motifs is 1. The first-order valence-corrected chi connectivity index (χ1v) is 5.91. The van der Waals surface area contributed by atoms with Crippen molar-refractivity contribution < 1.29 is 5.11 Å². The number of aromatic nitrogens is 1. The highest BCUT2D eigenvalue weighted by Crippen LogP contribution is 2.16. The number of aliphatic hydroxyl groups is 1. The van der Waals surface area contributed by atoms with E-state index in [0.29, 0.717) is 18.4 Å². The average Bonchev–Trinajstić information content (AvgIpc) is 2.28. The Kier molecular flexibility index (Phi) is 3.41. The third-order valence-electron chi connectivity index (χ3n) is 2.50. The lowest BCUT2D eigenvalue weighted by molar-refractivity contribution is 0.279. The zero-order valence-electron chi connectivity index (χ0n) is 8.69. The number of pyridine rings is 1. The van der Waals surface area contributed by atoms with Crippen LogP contribution < -0.4 is 5.56 Å². The maximum atomic E-state index is 12.0. The van der Waals surface area contributed by atoms with Gasteiger partial charge in [-0.15, -0.1) is 0 Å². The molecule has 0 aliphatic rings. The van der Waals surface area contributed by atoms with Crippen molar-refractivity contribution in [2.75, 3.05) is 6.61 Å². The summed E-state index contributed by atoms with van der Waals surface area (Å²) in [7, 11) is 0. The molecule has 3 nitrogen and oxygen atoms in total. The van der Waals surface area contributed by atoms with Crippen molar-refractivity contribution in [3.05, 3.63) is 45.3 Å². The lowest BCUT2D eigenvalue weighted by Gasteiger charge is -2.06. The highest BCUT2D eigenvalue weighted by molar-refractivity contribution is 9.10. The fourth-order valence-electron chi connectivity index (χ4n) is 1.68. The molecule has 0 bridgehead atoms. The molecule has 1 aromatic carbocycles. The molecule has 0 aliphatic carbocycles. The maximum absolute atomic E-state index is 12.0. The van der Waals surface area contributed by atoms with Crippen molar-refractivity contribution >= 4 is 26.7 Å². The normalized spacial score (nSPS) is 10.9. The van der Waals surface area contributed by atoms with Crippen molar-refractivity contribution in [3.63, 3.8) is 0 Å². The second kappa shape index (κ2) is 4.80. The van der Waals surface area contributed by atoms with Crippen molar-refractivity contribution in [2.24, 2.45) is 0 Å². The van der Waals surface area contributed by atoms with E-state index in [2.05, 4.69) is 15.9 Å². The number of aliphatic hydroxyl groups excluding tert-OH is 1. The van der Waals surface area contributed by atoms with Crippen molar-refractivity contribution in [2.45, 2.75) is 13.0 Å². The number of hydrogen-bond donors (Lipinski definition) is 1. The smallest absolute Gasteiger partial charge is 0.258 e. The van der Waals surface area contributed by atoms with Crippen LogP contribution in [0.15, 0.2) is 39.7 Å². The summed E-state index contributed by atoms with van der Waals surface area (Å²) in [6, 6.07) is 7.52. The Labute approximate surface area is 101 Å². The van der Waals surface area contributed by atoms with Crippen molar-refractivity contribution in [1.82, 2.24) is 4.57 Å². The van der Waals surface area contributed by atoms with Crippen LogP contribution in [0.1, 0.15) is 6.42 Å². The molecule has 16 heavy (non-hydrogen) atoms. The van der Waals surface area contributed by atoms with Gasteiger partial charge in [0.25, 0.3) is 5.56 Å². The Morgan fingerprint density at radius 2 is 2.12 bits per heavy atom. The lowest BCUT2D eigenvalue weighted by atomic mass is 10.2. The summed E-state index contributed by atoms with van der Waals surface area (Å²) < 4.78 is 2.60. The highest BCUT2D eigenvalue weighted by atomic mass is 79.9. The van der Waals surface area contributed by atoms with Crippen LogP contribution in [-0.4, -0.2) is 16.3 Å². The summed E-state index contributed by atoms with van der Waals surface area (Å²) in [5, 5.41) is 10.4. The van der Waals surface area contributed by atoms with Gasteiger partial charge in [-0.3, -0.25) is 4.79 Å². The van der Waals surface area contributed by atoms with Gasteiger partial charge >= 0.3 is 0 Å². The first-order valence-electron chi connectivity index (χ1n) is 5.12. The van der Waals surface area contributed by atoms with Crippen molar-refractivity contribution in [1.29, 1.82) is 0 Å². The molecule has 1 N–H and O–H groups in total. The molecule has 0 fully saturated rings. The van der Waals surface area contributed by atoms with Crippen LogP contribution in [-0.2, 0) is 6.54 Å². The molecule has 0 radical (unpaired) electrons. The SMILES string of the molecule is O=c1c2ccc(Br)cc2ccn1CCCO. The average molecular weight is 282 g/mol. The lowest BCUT2D eigenvalue weighted by Crippen LogP contribution is -2.19. The van der Waals surface area contributed by atoms with Gasteiger partial charge in [-0.25, -0.2) is 0 Å². The first-order chi connectivity index (χ1) is 7.72. The quantitative estimate of drug-likeness (QED) is 0.937. The highest BCUT2D eigenvalue weighted by Gasteiger charge is 2.02. The molecule has 0 spiro atoms. The molecule has 2 aromatic rings. The van der Waals surface area contributed by atoms with E-state index in [1.165, 1.54) is 0 Å². The van der Waals surface area contributed by atoms with E-state index in [0.717, 1.165) is 9.86 Å². The summed E-state index contributed by atoms with van der Waals surface area (Å²) in [5.74, 6) is 0. The third kappa shape index (κ3) is 2.18. The van der Waals surface area contributed by atoms with Crippen LogP contribution in [0.3, 0.4) is 0 Å². The zero-order valence-corrected chi connectivity index (χ0v) is 10.3. The monoisotopic (exact) mass is 281 g/mol. The Hall–Kier alpha value is -1.13. The van der Waals surface area contributed by atoms with Crippen LogP contribution >= 0.6 is 15.9 Å². The number of nitrogens with zero attached hydrogens (tertiary/aromatic N) is 1. The predicted molar refractivity (Wildman–Crippen MR) is 67.6 cm³/mol. The minimum atomic E-state index is -0.00144. The van der Waals surface area contributed by atoms with E-state index in [-0.39, 0.29) is 12.2 Å². The first kappa shape index (κ1) is 11.4. The van der Waals surface area contributed by atoms with Gasteiger partial charge in [0.2, 0.25) is 0 Å². The molecule has 0 aliphatic heterocycles. The molecule has 84 valence electrons. The summed E-state index contributed by atoms with van der Waals surface area (Å²) in [4.78, 5) is 12.0. The fraction of sp³-hybridized carbons (Fsp3) is 0.250. The van der Waals surface area contributed by atoms with E-state index in [4.69, 9.17) is 5.11 Å². The molecule has 4 heteroatoms. The second-order valence-corrected chi connectivity index (χ2v) is 4.54. The largest absolute Gasteiger partial charge is 0.396 e. The summed E-state index contributed by atoms with van der Waals surface area (Å²) in [6.45, 7) is 0.659. The Balaban J connectivity index is 2.53. The minimum Gasteiger partial charge on any atom is -0.396 e. The van der Waals surface area contributed by atoms with Crippen LogP contribution in [0.4, 0.5) is 0 Å². The second-order valence-electron chi connectivity index (χ2n) is 3.62. The third-order valence-corrected chi connectivity index (χ3v) is 2.99.